The standard InChI is InChI=1S/C14H26N2O2/c1-16(9-10-6-12(17)7-10)14(18)13-5-3-2-4-11(13)8-15/h10-13,17H,2-9,15H2,1H3. The normalized spacial score (nSPS) is 35.9. The number of hydrogen-bond donors (Lipinski definition) is 2. The van der Waals surface area contributed by atoms with E-state index in [1.165, 1.54) is 6.42 Å². The number of aliphatic hydroxyl groups is 1. The van der Waals surface area contributed by atoms with Gasteiger partial charge in [-0.25, -0.2) is 0 Å². The Balaban J connectivity index is 1.84. The van der Waals surface area contributed by atoms with Gasteiger partial charge in [0.1, 0.15) is 0 Å². The zero-order valence-corrected chi connectivity index (χ0v) is 11.3. The Hall–Kier alpha value is -0.610. The molecule has 4 nitrogen and oxygen atoms in total. The number of nitrogens with two attached hydrogens (primary N) is 1. The van der Waals surface area contributed by atoms with Crippen LogP contribution in [0.5, 0.6) is 0 Å². The first kappa shape index (κ1) is 13.8. The van der Waals surface area contributed by atoms with Gasteiger partial charge >= 0.3 is 0 Å². The van der Waals surface area contributed by atoms with Crippen molar-refractivity contribution in [3.05, 3.63) is 0 Å². The van der Waals surface area contributed by atoms with Crippen LogP contribution in [0.15, 0.2) is 0 Å². The van der Waals surface area contributed by atoms with Crippen molar-refractivity contribution >= 4 is 5.91 Å². The van der Waals surface area contributed by atoms with E-state index in [0.717, 1.165) is 38.6 Å². The fourth-order valence-corrected chi connectivity index (χ4v) is 3.42. The van der Waals surface area contributed by atoms with Gasteiger partial charge in [0.25, 0.3) is 0 Å². The molecule has 0 aromatic heterocycles. The van der Waals surface area contributed by atoms with Crippen LogP contribution in [0.1, 0.15) is 38.5 Å². The molecule has 2 rings (SSSR count). The van der Waals surface area contributed by atoms with Crippen LogP contribution >= 0.6 is 0 Å². The molecule has 0 bridgehead atoms. The average molecular weight is 254 g/mol. The van der Waals surface area contributed by atoms with Crippen molar-refractivity contribution < 1.29 is 9.90 Å². The molecule has 18 heavy (non-hydrogen) atoms. The number of aliphatic hydroxyl groups excluding tert-OH is 1. The molecule has 0 aromatic carbocycles. The summed E-state index contributed by atoms with van der Waals surface area (Å²) in [5.74, 6) is 1.28. The summed E-state index contributed by atoms with van der Waals surface area (Å²) in [5, 5.41) is 9.28. The molecule has 2 fully saturated rings. The summed E-state index contributed by atoms with van der Waals surface area (Å²) >= 11 is 0. The maximum Gasteiger partial charge on any atom is 0.225 e. The molecule has 2 unspecified atom stereocenters. The summed E-state index contributed by atoms with van der Waals surface area (Å²) in [6.45, 7) is 1.43. The Labute approximate surface area is 110 Å². The molecule has 0 saturated heterocycles. The zero-order chi connectivity index (χ0) is 13.1. The predicted octanol–water partition coefficient (Wildman–Crippen LogP) is 0.981. The van der Waals surface area contributed by atoms with E-state index in [4.69, 9.17) is 5.73 Å². The molecule has 2 aliphatic rings. The molecule has 1 amide bonds. The summed E-state index contributed by atoms with van der Waals surface area (Å²) in [7, 11) is 1.90. The van der Waals surface area contributed by atoms with Crippen molar-refractivity contribution in [2.24, 2.45) is 23.5 Å². The second-order valence-electron chi connectivity index (χ2n) is 6.10. The minimum absolute atomic E-state index is 0.134. The highest BCUT2D eigenvalue weighted by Crippen LogP contribution is 2.32. The molecule has 2 atom stereocenters. The number of hydrogen-bond acceptors (Lipinski definition) is 3. The fourth-order valence-electron chi connectivity index (χ4n) is 3.42. The van der Waals surface area contributed by atoms with Crippen molar-refractivity contribution in [2.45, 2.75) is 44.6 Å². The van der Waals surface area contributed by atoms with E-state index in [1.807, 2.05) is 11.9 Å². The topological polar surface area (TPSA) is 66.6 Å². The van der Waals surface area contributed by atoms with Crippen LogP contribution in [0.25, 0.3) is 0 Å². The lowest BCUT2D eigenvalue weighted by molar-refractivity contribution is -0.138. The van der Waals surface area contributed by atoms with Crippen LogP contribution in [-0.2, 0) is 4.79 Å². The summed E-state index contributed by atoms with van der Waals surface area (Å²) in [6, 6.07) is 0. The Morgan fingerprint density at radius 1 is 1.33 bits per heavy atom. The van der Waals surface area contributed by atoms with Crippen molar-refractivity contribution in [1.29, 1.82) is 0 Å². The van der Waals surface area contributed by atoms with Crippen LogP contribution in [0, 0.1) is 17.8 Å². The van der Waals surface area contributed by atoms with Gasteiger partial charge in [0.15, 0.2) is 0 Å². The number of carbonyl (C=O) groups excluding carboxylic acids is 1. The lowest BCUT2D eigenvalue weighted by Crippen LogP contribution is -2.44. The highest BCUT2D eigenvalue weighted by molar-refractivity contribution is 5.79. The highest BCUT2D eigenvalue weighted by Gasteiger charge is 2.34. The number of carbonyl (C=O) groups is 1. The van der Waals surface area contributed by atoms with Gasteiger partial charge in [0.05, 0.1) is 6.10 Å². The Morgan fingerprint density at radius 3 is 2.61 bits per heavy atom. The maximum absolute atomic E-state index is 12.4. The van der Waals surface area contributed by atoms with Crippen molar-refractivity contribution in [2.75, 3.05) is 20.1 Å². The molecular weight excluding hydrogens is 228 g/mol. The minimum atomic E-state index is -0.134. The van der Waals surface area contributed by atoms with E-state index in [2.05, 4.69) is 0 Å². The van der Waals surface area contributed by atoms with Crippen LogP contribution in [0.4, 0.5) is 0 Å². The molecule has 2 aliphatic carbocycles. The van der Waals surface area contributed by atoms with Gasteiger partial charge in [-0.15, -0.1) is 0 Å². The van der Waals surface area contributed by atoms with Crippen LogP contribution in [-0.4, -0.2) is 42.2 Å². The first-order valence-electron chi connectivity index (χ1n) is 7.25. The molecule has 2 saturated carbocycles. The summed E-state index contributed by atoms with van der Waals surface area (Å²) < 4.78 is 0. The predicted molar refractivity (Wildman–Crippen MR) is 70.9 cm³/mol. The van der Waals surface area contributed by atoms with Crippen molar-refractivity contribution in [3.63, 3.8) is 0 Å². The van der Waals surface area contributed by atoms with Gasteiger partial charge in [-0.05, 0) is 44.1 Å². The first-order chi connectivity index (χ1) is 8.61. The Morgan fingerprint density at radius 2 is 2.00 bits per heavy atom. The van der Waals surface area contributed by atoms with Crippen LogP contribution < -0.4 is 5.73 Å². The van der Waals surface area contributed by atoms with Gasteiger partial charge in [-0.3, -0.25) is 4.79 Å². The molecule has 0 spiro atoms. The molecule has 104 valence electrons. The van der Waals surface area contributed by atoms with Gasteiger partial charge in [-0.1, -0.05) is 12.8 Å². The molecule has 3 N–H and O–H groups in total. The maximum atomic E-state index is 12.4. The van der Waals surface area contributed by atoms with Crippen molar-refractivity contribution in [3.8, 4) is 0 Å². The lowest BCUT2D eigenvalue weighted by atomic mass is 9.78. The van der Waals surface area contributed by atoms with E-state index in [1.54, 1.807) is 0 Å². The highest BCUT2D eigenvalue weighted by atomic mass is 16.3. The number of nitrogens with zero attached hydrogens (tertiary/aromatic N) is 1. The monoisotopic (exact) mass is 254 g/mol. The second-order valence-corrected chi connectivity index (χ2v) is 6.10. The molecule has 0 aliphatic heterocycles. The van der Waals surface area contributed by atoms with Crippen LogP contribution in [0.3, 0.4) is 0 Å². The second kappa shape index (κ2) is 6.02. The van der Waals surface area contributed by atoms with Crippen molar-refractivity contribution in [1.82, 2.24) is 4.90 Å². The smallest absolute Gasteiger partial charge is 0.225 e. The third kappa shape index (κ3) is 3.04. The van der Waals surface area contributed by atoms with E-state index in [0.29, 0.717) is 18.4 Å². The quantitative estimate of drug-likeness (QED) is 0.786. The summed E-state index contributed by atoms with van der Waals surface area (Å²) in [6.07, 6.45) is 6.03. The van der Waals surface area contributed by atoms with Gasteiger partial charge < -0.3 is 15.7 Å². The van der Waals surface area contributed by atoms with Gasteiger partial charge in [0.2, 0.25) is 5.91 Å². The van der Waals surface area contributed by atoms with Gasteiger partial charge in [-0.2, -0.15) is 0 Å². The molecule has 4 heteroatoms. The van der Waals surface area contributed by atoms with E-state index >= 15 is 0 Å². The summed E-state index contributed by atoms with van der Waals surface area (Å²) in [5.41, 5.74) is 5.78. The third-order valence-electron chi connectivity index (χ3n) is 4.65. The average Bonchev–Trinajstić information content (AvgIpc) is 2.35. The van der Waals surface area contributed by atoms with Crippen LogP contribution in [0.2, 0.25) is 0 Å². The molecule has 0 heterocycles. The minimum Gasteiger partial charge on any atom is -0.393 e. The van der Waals surface area contributed by atoms with E-state index in [-0.39, 0.29) is 17.9 Å². The number of amides is 1. The third-order valence-corrected chi connectivity index (χ3v) is 4.65. The molecule has 0 radical (unpaired) electrons. The SMILES string of the molecule is CN(CC1CC(O)C1)C(=O)C1CCCCC1CN. The first-order valence-corrected chi connectivity index (χ1v) is 7.25. The van der Waals surface area contributed by atoms with E-state index < -0.39 is 0 Å². The van der Waals surface area contributed by atoms with Gasteiger partial charge in [0, 0.05) is 19.5 Å². The lowest BCUT2D eigenvalue weighted by Gasteiger charge is -2.37. The fraction of sp³-hybridized carbons (Fsp3) is 0.929. The Bertz CT molecular complexity index is 290. The number of rotatable bonds is 4. The molecule has 0 aromatic rings. The molecular formula is C14H26N2O2. The largest absolute Gasteiger partial charge is 0.393 e. The van der Waals surface area contributed by atoms with E-state index in [9.17, 15) is 9.90 Å². The Kier molecular flexibility index (Phi) is 4.62. The zero-order valence-electron chi connectivity index (χ0n) is 11.3. The summed E-state index contributed by atoms with van der Waals surface area (Å²) in [4.78, 5) is 14.3.